The van der Waals surface area contributed by atoms with Crippen molar-refractivity contribution in [2.24, 2.45) is 5.92 Å². The van der Waals surface area contributed by atoms with Gasteiger partial charge in [0, 0.05) is 69.4 Å². The molecule has 3 aromatic rings. The third-order valence-electron chi connectivity index (χ3n) is 6.26. The Kier molecular flexibility index (Phi) is 5.68. The first-order valence-electron chi connectivity index (χ1n) is 11.1. The smallest absolute Gasteiger partial charge is 0.228 e. The topological polar surface area (TPSA) is 83.8 Å². The van der Waals surface area contributed by atoms with Gasteiger partial charge in [-0.3, -0.25) is 9.59 Å². The van der Waals surface area contributed by atoms with E-state index in [1.807, 2.05) is 64.3 Å². The van der Waals surface area contributed by atoms with Crippen LogP contribution in [0, 0.1) is 5.92 Å². The number of carbonyl (C=O) groups is 2. The largest absolute Gasteiger partial charge is 0.497 e. The molecule has 0 N–H and O–H groups in total. The molecule has 1 atom stereocenters. The van der Waals surface area contributed by atoms with Gasteiger partial charge in [-0.25, -0.2) is 9.97 Å². The highest BCUT2D eigenvalue weighted by Gasteiger charge is 2.38. The van der Waals surface area contributed by atoms with Crippen molar-refractivity contribution in [2.75, 3.05) is 49.6 Å². The van der Waals surface area contributed by atoms with Gasteiger partial charge >= 0.3 is 0 Å². The van der Waals surface area contributed by atoms with Crippen molar-refractivity contribution < 1.29 is 14.3 Å². The molecule has 170 valence electrons. The van der Waals surface area contributed by atoms with Crippen molar-refractivity contribution in [2.45, 2.75) is 6.42 Å². The van der Waals surface area contributed by atoms with Gasteiger partial charge in [0.05, 0.1) is 13.0 Å². The third kappa shape index (κ3) is 4.26. The first-order chi connectivity index (χ1) is 16.1. The molecule has 9 nitrogen and oxygen atoms in total. The molecule has 0 bridgehead atoms. The lowest BCUT2D eigenvalue weighted by Crippen LogP contribution is -2.51. The molecule has 0 saturated carbocycles. The lowest BCUT2D eigenvalue weighted by Gasteiger charge is -2.36. The van der Waals surface area contributed by atoms with Crippen LogP contribution in [-0.4, -0.2) is 71.1 Å². The van der Waals surface area contributed by atoms with E-state index < -0.39 is 0 Å². The average Bonchev–Trinajstić information content (AvgIpc) is 3.54. The monoisotopic (exact) mass is 446 g/mol. The van der Waals surface area contributed by atoms with Gasteiger partial charge in [0.15, 0.2) is 0 Å². The Morgan fingerprint density at radius 1 is 1.00 bits per heavy atom. The lowest BCUT2D eigenvalue weighted by atomic mass is 10.1. The molecule has 0 radical (unpaired) electrons. The van der Waals surface area contributed by atoms with Gasteiger partial charge in [0.2, 0.25) is 11.8 Å². The summed E-state index contributed by atoms with van der Waals surface area (Å²) < 4.78 is 7.21. The highest BCUT2D eigenvalue weighted by atomic mass is 16.5. The number of nitrogens with zero attached hydrogens (tertiary/aromatic N) is 6. The van der Waals surface area contributed by atoms with Crippen molar-refractivity contribution in [3.05, 3.63) is 61.2 Å². The van der Waals surface area contributed by atoms with Crippen molar-refractivity contribution in [1.82, 2.24) is 19.4 Å². The first kappa shape index (κ1) is 21.0. The van der Waals surface area contributed by atoms with E-state index in [0.29, 0.717) is 38.5 Å². The quantitative estimate of drug-likeness (QED) is 0.596. The van der Waals surface area contributed by atoms with Crippen LogP contribution in [0.1, 0.15) is 6.42 Å². The summed E-state index contributed by atoms with van der Waals surface area (Å²) in [4.78, 5) is 40.3. The van der Waals surface area contributed by atoms with E-state index in [2.05, 4.69) is 14.9 Å². The molecule has 2 amide bonds. The highest BCUT2D eigenvalue weighted by molar-refractivity contribution is 6.00. The van der Waals surface area contributed by atoms with Gasteiger partial charge < -0.3 is 24.0 Å². The molecule has 2 aromatic heterocycles. The molecule has 2 aliphatic rings. The Morgan fingerprint density at radius 2 is 1.76 bits per heavy atom. The number of anilines is 2. The molecule has 33 heavy (non-hydrogen) atoms. The van der Waals surface area contributed by atoms with Crippen LogP contribution in [0.5, 0.6) is 5.75 Å². The molecular weight excluding hydrogens is 420 g/mol. The molecule has 1 aromatic carbocycles. The Hall–Kier alpha value is -3.88. The molecule has 9 heteroatoms. The van der Waals surface area contributed by atoms with E-state index in [1.54, 1.807) is 18.3 Å². The normalized spacial score (nSPS) is 18.6. The van der Waals surface area contributed by atoms with Crippen LogP contribution in [0.25, 0.3) is 5.82 Å². The number of piperazine rings is 1. The minimum atomic E-state index is -0.324. The van der Waals surface area contributed by atoms with E-state index in [9.17, 15) is 9.59 Å². The Bertz CT molecular complexity index is 1140. The summed E-state index contributed by atoms with van der Waals surface area (Å²) in [5.74, 6) is 2.04. The van der Waals surface area contributed by atoms with Gasteiger partial charge in [-0.15, -0.1) is 0 Å². The van der Waals surface area contributed by atoms with Gasteiger partial charge in [-0.1, -0.05) is 6.07 Å². The number of amides is 2. The summed E-state index contributed by atoms with van der Waals surface area (Å²) >= 11 is 0. The maximum absolute atomic E-state index is 13.2. The maximum atomic E-state index is 13.2. The highest BCUT2D eigenvalue weighted by Crippen LogP contribution is 2.29. The lowest BCUT2D eigenvalue weighted by molar-refractivity contribution is -0.136. The predicted molar refractivity (Wildman–Crippen MR) is 124 cm³/mol. The van der Waals surface area contributed by atoms with Crippen LogP contribution in [-0.2, 0) is 9.59 Å². The minimum absolute atomic E-state index is 0.0289. The second-order valence-corrected chi connectivity index (χ2v) is 8.24. The second kappa shape index (κ2) is 8.93. The Balaban J connectivity index is 1.21. The van der Waals surface area contributed by atoms with Crippen molar-refractivity contribution >= 4 is 23.3 Å². The standard InChI is InChI=1S/C24H26N6O3/c1-33-20-6-4-5-19(14-20)30-16-18(13-23(30)31)24(32)29-11-9-28(10-12-29)22-15-21(25-17-26-22)27-7-2-3-8-27/h2-8,14-15,17-18H,9-13,16H2,1H3. The van der Waals surface area contributed by atoms with Crippen LogP contribution < -0.4 is 14.5 Å². The summed E-state index contributed by atoms with van der Waals surface area (Å²) in [5.41, 5.74) is 0.765. The third-order valence-corrected chi connectivity index (χ3v) is 6.26. The average molecular weight is 447 g/mol. The van der Waals surface area contributed by atoms with Crippen LogP contribution in [0.2, 0.25) is 0 Å². The van der Waals surface area contributed by atoms with Gasteiger partial charge in [-0.05, 0) is 24.3 Å². The molecule has 0 aliphatic carbocycles. The van der Waals surface area contributed by atoms with E-state index in [0.717, 1.165) is 17.3 Å². The number of carbonyl (C=O) groups excluding carboxylic acids is 2. The molecule has 5 rings (SSSR count). The van der Waals surface area contributed by atoms with Crippen molar-refractivity contribution in [1.29, 1.82) is 0 Å². The second-order valence-electron chi connectivity index (χ2n) is 8.24. The van der Waals surface area contributed by atoms with Gasteiger partial charge in [0.1, 0.15) is 23.7 Å². The van der Waals surface area contributed by atoms with Crippen molar-refractivity contribution in [3.63, 3.8) is 0 Å². The van der Waals surface area contributed by atoms with Crippen LogP contribution >= 0.6 is 0 Å². The Labute approximate surface area is 192 Å². The minimum Gasteiger partial charge on any atom is -0.497 e. The molecular formula is C24H26N6O3. The van der Waals surface area contributed by atoms with Crippen molar-refractivity contribution in [3.8, 4) is 11.6 Å². The van der Waals surface area contributed by atoms with Crippen LogP contribution in [0.4, 0.5) is 11.5 Å². The number of hydrogen-bond acceptors (Lipinski definition) is 6. The maximum Gasteiger partial charge on any atom is 0.228 e. The summed E-state index contributed by atoms with van der Waals surface area (Å²) in [6, 6.07) is 13.3. The number of hydrogen-bond donors (Lipinski definition) is 0. The Morgan fingerprint density at radius 3 is 2.52 bits per heavy atom. The number of methoxy groups -OCH3 is 1. The number of ether oxygens (including phenoxy) is 1. The van der Waals surface area contributed by atoms with Gasteiger partial charge in [-0.2, -0.15) is 0 Å². The summed E-state index contributed by atoms with van der Waals surface area (Å²) in [6.45, 7) is 2.98. The predicted octanol–water partition coefficient (Wildman–Crippen LogP) is 1.98. The van der Waals surface area contributed by atoms with E-state index in [4.69, 9.17) is 4.74 Å². The summed E-state index contributed by atoms with van der Waals surface area (Å²) in [7, 11) is 1.60. The molecule has 2 aliphatic heterocycles. The zero-order valence-corrected chi connectivity index (χ0v) is 18.5. The first-order valence-corrected chi connectivity index (χ1v) is 11.1. The molecule has 4 heterocycles. The zero-order valence-electron chi connectivity index (χ0n) is 18.5. The number of benzene rings is 1. The fourth-order valence-corrected chi connectivity index (χ4v) is 4.45. The molecule has 1 unspecified atom stereocenters. The molecule has 0 spiro atoms. The summed E-state index contributed by atoms with van der Waals surface area (Å²) in [6.07, 6.45) is 5.70. The fourth-order valence-electron chi connectivity index (χ4n) is 4.45. The van der Waals surface area contributed by atoms with Gasteiger partial charge in [0.25, 0.3) is 0 Å². The van der Waals surface area contributed by atoms with Crippen LogP contribution in [0.3, 0.4) is 0 Å². The number of aromatic nitrogens is 3. The van der Waals surface area contributed by atoms with E-state index >= 15 is 0 Å². The molecule has 2 fully saturated rings. The van der Waals surface area contributed by atoms with E-state index in [1.165, 1.54) is 0 Å². The zero-order chi connectivity index (χ0) is 22.8. The molecule has 2 saturated heterocycles. The summed E-state index contributed by atoms with van der Waals surface area (Å²) in [5, 5.41) is 0. The van der Waals surface area contributed by atoms with E-state index in [-0.39, 0.29) is 24.2 Å². The number of rotatable bonds is 5. The fraction of sp³-hybridized carbons (Fsp3) is 0.333. The SMILES string of the molecule is COc1cccc(N2CC(C(=O)N3CCN(c4cc(-n5cccc5)ncn4)CC3)CC2=O)c1. The van der Waals surface area contributed by atoms with Crippen LogP contribution in [0.15, 0.2) is 61.2 Å².